The third-order valence-corrected chi connectivity index (χ3v) is 4.94. The topological polar surface area (TPSA) is 58.2 Å². The van der Waals surface area contributed by atoms with E-state index in [1.54, 1.807) is 23.1 Å². The average molecular weight is 365 g/mol. The molecule has 0 radical (unpaired) electrons. The number of hydrogen-bond donors (Lipinski definition) is 1. The lowest BCUT2D eigenvalue weighted by atomic mass is 10.1. The number of ether oxygens (including phenoxy) is 1. The molecule has 0 bridgehead atoms. The summed E-state index contributed by atoms with van der Waals surface area (Å²) in [5, 5.41) is 6.94. The van der Waals surface area contributed by atoms with Crippen molar-refractivity contribution in [1.82, 2.24) is 15.1 Å². The number of H-pyrrole nitrogens is 1. The number of carbonyl (C=O) groups is 1. The molecule has 1 aliphatic carbocycles. The van der Waals surface area contributed by atoms with Crippen LogP contribution in [0.25, 0.3) is 0 Å². The molecule has 4 rings (SSSR count). The van der Waals surface area contributed by atoms with Crippen molar-refractivity contribution >= 4 is 5.91 Å². The van der Waals surface area contributed by atoms with Crippen LogP contribution in [0.2, 0.25) is 0 Å². The van der Waals surface area contributed by atoms with Gasteiger partial charge >= 0.3 is 0 Å². The van der Waals surface area contributed by atoms with Crippen molar-refractivity contribution in [3.63, 3.8) is 0 Å². The first-order valence-electron chi connectivity index (χ1n) is 8.87. The van der Waals surface area contributed by atoms with Gasteiger partial charge < -0.3 is 9.64 Å². The molecule has 0 saturated heterocycles. The summed E-state index contributed by atoms with van der Waals surface area (Å²) < 4.78 is 18.7. The quantitative estimate of drug-likeness (QED) is 0.754. The van der Waals surface area contributed by atoms with Crippen LogP contribution >= 0.6 is 0 Å². The maximum absolute atomic E-state index is 13.2. The van der Waals surface area contributed by atoms with E-state index in [1.165, 1.54) is 23.3 Å². The molecule has 138 valence electrons. The molecule has 0 unspecified atom stereocenters. The van der Waals surface area contributed by atoms with Gasteiger partial charge in [-0.1, -0.05) is 30.3 Å². The zero-order chi connectivity index (χ0) is 18.8. The Morgan fingerprint density at radius 2 is 1.93 bits per heavy atom. The van der Waals surface area contributed by atoms with E-state index in [0.29, 0.717) is 17.1 Å². The number of aromatic amines is 1. The number of halogens is 1. The summed E-state index contributed by atoms with van der Waals surface area (Å²) in [6.45, 7) is 0.183. The lowest BCUT2D eigenvalue weighted by Crippen LogP contribution is -2.37. The second kappa shape index (κ2) is 7.23. The molecule has 1 amide bonds. The van der Waals surface area contributed by atoms with Crippen molar-refractivity contribution in [1.29, 1.82) is 0 Å². The van der Waals surface area contributed by atoms with E-state index >= 15 is 0 Å². The van der Waals surface area contributed by atoms with Crippen LogP contribution in [0, 0.1) is 5.82 Å². The van der Waals surface area contributed by atoms with Gasteiger partial charge in [-0.3, -0.25) is 9.89 Å². The minimum Gasteiger partial charge on any atom is -0.487 e. The maximum Gasteiger partial charge on any atom is 0.274 e. The third-order valence-electron chi connectivity index (χ3n) is 4.94. The van der Waals surface area contributed by atoms with Gasteiger partial charge in [-0.05, 0) is 42.2 Å². The van der Waals surface area contributed by atoms with Gasteiger partial charge in [0.1, 0.15) is 18.2 Å². The SMILES string of the molecule is CN(C(=O)c1cc(COc2cccc(F)c2)[nH]n1)C1Cc2ccccc2C1. The summed E-state index contributed by atoms with van der Waals surface area (Å²) in [5.41, 5.74) is 3.61. The third kappa shape index (κ3) is 3.69. The van der Waals surface area contributed by atoms with Gasteiger partial charge in [0.2, 0.25) is 0 Å². The summed E-state index contributed by atoms with van der Waals surface area (Å²) in [7, 11) is 1.82. The summed E-state index contributed by atoms with van der Waals surface area (Å²) in [6, 6.07) is 16.0. The highest BCUT2D eigenvalue weighted by atomic mass is 19.1. The van der Waals surface area contributed by atoms with Gasteiger partial charge in [0, 0.05) is 19.2 Å². The number of nitrogens with one attached hydrogen (secondary N) is 1. The van der Waals surface area contributed by atoms with E-state index in [0.717, 1.165) is 12.8 Å². The maximum atomic E-state index is 13.2. The number of aromatic nitrogens is 2. The summed E-state index contributed by atoms with van der Waals surface area (Å²) in [5.74, 6) is -0.0495. The lowest BCUT2D eigenvalue weighted by molar-refractivity contribution is 0.0731. The number of carbonyl (C=O) groups excluding carboxylic acids is 1. The molecular weight excluding hydrogens is 345 g/mol. The molecule has 0 aliphatic heterocycles. The number of rotatable bonds is 5. The van der Waals surface area contributed by atoms with E-state index in [2.05, 4.69) is 22.3 Å². The molecular formula is C21H20FN3O2. The molecule has 0 saturated carbocycles. The zero-order valence-corrected chi connectivity index (χ0v) is 15.0. The molecule has 2 aromatic carbocycles. The second-order valence-corrected chi connectivity index (χ2v) is 6.77. The van der Waals surface area contributed by atoms with E-state index in [1.807, 2.05) is 19.2 Å². The summed E-state index contributed by atoms with van der Waals surface area (Å²) >= 11 is 0. The van der Waals surface area contributed by atoms with Crippen molar-refractivity contribution < 1.29 is 13.9 Å². The average Bonchev–Trinajstić information content (AvgIpc) is 3.32. The van der Waals surface area contributed by atoms with E-state index in [-0.39, 0.29) is 24.4 Å². The Bertz CT molecular complexity index is 944. The monoisotopic (exact) mass is 365 g/mol. The van der Waals surface area contributed by atoms with Crippen molar-refractivity contribution in [3.05, 3.63) is 82.9 Å². The fourth-order valence-corrected chi connectivity index (χ4v) is 3.42. The van der Waals surface area contributed by atoms with Gasteiger partial charge in [-0.2, -0.15) is 5.10 Å². The summed E-state index contributed by atoms with van der Waals surface area (Å²) in [4.78, 5) is 14.5. The van der Waals surface area contributed by atoms with Crippen LogP contribution in [0.15, 0.2) is 54.6 Å². The Hall–Kier alpha value is -3.15. The number of benzene rings is 2. The largest absolute Gasteiger partial charge is 0.487 e. The second-order valence-electron chi connectivity index (χ2n) is 6.77. The van der Waals surface area contributed by atoms with E-state index in [9.17, 15) is 9.18 Å². The molecule has 1 aliphatic rings. The molecule has 0 fully saturated rings. The van der Waals surface area contributed by atoms with Crippen LogP contribution in [0.5, 0.6) is 5.75 Å². The van der Waals surface area contributed by atoms with E-state index in [4.69, 9.17) is 4.74 Å². The Balaban J connectivity index is 1.38. The van der Waals surface area contributed by atoms with Gasteiger partial charge in [0.25, 0.3) is 5.91 Å². The standard InChI is InChI=1S/C21H20FN3O2/c1-25(18-9-14-5-2-3-6-15(14)10-18)21(26)20-12-17(23-24-20)13-27-19-8-4-7-16(22)11-19/h2-8,11-12,18H,9-10,13H2,1H3,(H,23,24). The summed E-state index contributed by atoms with van der Waals surface area (Å²) in [6.07, 6.45) is 1.72. The van der Waals surface area contributed by atoms with Gasteiger partial charge in [-0.15, -0.1) is 0 Å². The normalized spacial score (nSPS) is 13.4. The minimum atomic E-state index is -0.354. The molecule has 1 heterocycles. The van der Waals surface area contributed by atoms with Crippen molar-refractivity contribution in [2.24, 2.45) is 0 Å². The smallest absolute Gasteiger partial charge is 0.274 e. The fourth-order valence-electron chi connectivity index (χ4n) is 3.42. The van der Waals surface area contributed by atoms with Crippen LogP contribution in [0.4, 0.5) is 4.39 Å². The van der Waals surface area contributed by atoms with Crippen LogP contribution < -0.4 is 4.74 Å². The molecule has 1 aromatic heterocycles. The van der Waals surface area contributed by atoms with Gasteiger partial charge in [0.05, 0.1) is 5.69 Å². The first-order valence-corrected chi connectivity index (χ1v) is 8.87. The van der Waals surface area contributed by atoms with Crippen LogP contribution in [0.1, 0.15) is 27.3 Å². The minimum absolute atomic E-state index is 0.124. The fraction of sp³-hybridized carbons (Fsp3) is 0.238. The van der Waals surface area contributed by atoms with E-state index < -0.39 is 0 Å². The first kappa shape index (κ1) is 17.3. The number of nitrogens with zero attached hydrogens (tertiary/aromatic N) is 2. The number of hydrogen-bond acceptors (Lipinski definition) is 3. The predicted molar refractivity (Wildman–Crippen MR) is 99.1 cm³/mol. The molecule has 0 atom stereocenters. The van der Waals surface area contributed by atoms with Crippen LogP contribution in [0.3, 0.4) is 0 Å². The Labute approximate surface area is 156 Å². The number of amides is 1. The van der Waals surface area contributed by atoms with Crippen molar-refractivity contribution in [2.45, 2.75) is 25.5 Å². The number of fused-ring (bicyclic) bond motifs is 1. The molecule has 1 N–H and O–H groups in total. The number of likely N-dealkylation sites (N-methyl/N-ethyl adjacent to an activating group) is 1. The highest BCUT2D eigenvalue weighted by Gasteiger charge is 2.28. The van der Waals surface area contributed by atoms with Crippen LogP contribution in [-0.4, -0.2) is 34.1 Å². The molecule has 3 aromatic rings. The lowest BCUT2D eigenvalue weighted by Gasteiger charge is -2.23. The Morgan fingerprint density at radius 3 is 2.63 bits per heavy atom. The highest BCUT2D eigenvalue weighted by Crippen LogP contribution is 2.25. The molecule has 27 heavy (non-hydrogen) atoms. The molecule has 0 spiro atoms. The first-order chi connectivity index (χ1) is 13.1. The Morgan fingerprint density at radius 1 is 1.19 bits per heavy atom. The highest BCUT2D eigenvalue weighted by molar-refractivity contribution is 5.92. The van der Waals surface area contributed by atoms with Crippen molar-refractivity contribution in [3.8, 4) is 5.75 Å². The molecule has 6 heteroatoms. The predicted octanol–water partition coefficient (Wildman–Crippen LogP) is 3.37. The Kier molecular flexibility index (Phi) is 4.62. The zero-order valence-electron chi connectivity index (χ0n) is 15.0. The molecule has 5 nitrogen and oxygen atoms in total. The van der Waals surface area contributed by atoms with Crippen molar-refractivity contribution in [2.75, 3.05) is 7.05 Å². The van der Waals surface area contributed by atoms with Crippen LogP contribution in [-0.2, 0) is 19.4 Å². The van der Waals surface area contributed by atoms with Gasteiger partial charge in [-0.25, -0.2) is 4.39 Å². The van der Waals surface area contributed by atoms with Gasteiger partial charge in [0.15, 0.2) is 5.69 Å².